The monoisotopic (exact) mass is 377 g/mol. The van der Waals surface area contributed by atoms with E-state index in [0.29, 0.717) is 36.8 Å². The zero-order valence-corrected chi connectivity index (χ0v) is 16.0. The number of rotatable bonds is 6. The summed E-state index contributed by atoms with van der Waals surface area (Å²) in [6, 6.07) is 7.23. The van der Waals surface area contributed by atoms with Gasteiger partial charge in [-0.15, -0.1) is 0 Å². The van der Waals surface area contributed by atoms with E-state index in [1.165, 1.54) is 25.7 Å². The van der Waals surface area contributed by atoms with Crippen molar-refractivity contribution in [3.05, 3.63) is 29.3 Å². The van der Waals surface area contributed by atoms with E-state index in [-0.39, 0.29) is 11.8 Å². The number of halogens is 1. The zero-order chi connectivity index (χ0) is 18.4. The van der Waals surface area contributed by atoms with Crippen molar-refractivity contribution < 1.29 is 9.59 Å². The number of anilines is 1. The molecule has 0 bridgehead atoms. The van der Waals surface area contributed by atoms with E-state index >= 15 is 0 Å². The normalized spacial score (nSPS) is 18.9. The number of nitrogens with zero attached hydrogens (tertiary/aromatic N) is 2. The first-order valence-corrected chi connectivity index (χ1v) is 10.0. The van der Waals surface area contributed by atoms with E-state index in [1.807, 2.05) is 17.0 Å². The molecule has 0 spiro atoms. The van der Waals surface area contributed by atoms with Crippen LogP contribution in [0.2, 0.25) is 5.02 Å². The molecule has 1 aliphatic carbocycles. The molecule has 6 heteroatoms. The van der Waals surface area contributed by atoms with Crippen LogP contribution in [0.3, 0.4) is 0 Å². The summed E-state index contributed by atoms with van der Waals surface area (Å²) in [6.07, 6.45) is 6.96. The van der Waals surface area contributed by atoms with E-state index in [2.05, 4.69) is 10.2 Å². The summed E-state index contributed by atoms with van der Waals surface area (Å²) < 4.78 is 0. The van der Waals surface area contributed by atoms with Crippen LogP contribution in [0.1, 0.15) is 38.5 Å². The molecule has 2 aliphatic rings. The molecule has 1 saturated heterocycles. The van der Waals surface area contributed by atoms with Crippen molar-refractivity contribution in [1.29, 1.82) is 0 Å². The average molecular weight is 378 g/mol. The molecule has 2 fully saturated rings. The molecule has 3 rings (SSSR count). The smallest absolute Gasteiger partial charge is 0.238 e. The van der Waals surface area contributed by atoms with Crippen molar-refractivity contribution in [2.24, 2.45) is 5.92 Å². The van der Waals surface area contributed by atoms with Gasteiger partial charge in [-0.05, 0) is 24.5 Å². The molecule has 1 aromatic rings. The second kappa shape index (κ2) is 9.38. The quantitative estimate of drug-likeness (QED) is 0.826. The van der Waals surface area contributed by atoms with E-state index in [1.54, 1.807) is 12.1 Å². The molecule has 2 amide bonds. The van der Waals surface area contributed by atoms with Gasteiger partial charge in [0.05, 0.1) is 17.3 Å². The SMILES string of the molecule is O=C(CN1CCN(C(=O)CCC2CCCC2)CC1)Nc1ccccc1Cl. The standard InChI is InChI=1S/C20H28ClN3O2/c21-17-7-3-4-8-18(17)22-19(25)15-23-11-13-24(14-12-23)20(26)10-9-16-5-1-2-6-16/h3-4,7-8,16H,1-2,5-6,9-15H2,(H,22,25). The van der Waals surface area contributed by atoms with Crippen LogP contribution >= 0.6 is 11.6 Å². The third kappa shape index (κ3) is 5.45. The second-order valence-corrected chi connectivity index (χ2v) is 7.78. The van der Waals surface area contributed by atoms with Gasteiger partial charge in [-0.2, -0.15) is 0 Å². The molecular weight excluding hydrogens is 350 g/mol. The number of hydrogen-bond acceptors (Lipinski definition) is 3. The number of hydrogen-bond donors (Lipinski definition) is 1. The van der Waals surface area contributed by atoms with E-state index < -0.39 is 0 Å². The molecule has 26 heavy (non-hydrogen) atoms. The summed E-state index contributed by atoms with van der Waals surface area (Å²) in [5.74, 6) is 0.963. The Bertz CT molecular complexity index is 623. The molecule has 5 nitrogen and oxygen atoms in total. The van der Waals surface area contributed by atoms with Crippen molar-refractivity contribution in [2.45, 2.75) is 38.5 Å². The van der Waals surface area contributed by atoms with Gasteiger partial charge in [-0.25, -0.2) is 0 Å². The van der Waals surface area contributed by atoms with Gasteiger partial charge in [-0.1, -0.05) is 49.4 Å². The van der Waals surface area contributed by atoms with Gasteiger partial charge in [0.15, 0.2) is 0 Å². The number of nitrogens with one attached hydrogen (secondary N) is 1. The lowest BCUT2D eigenvalue weighted by Gasteiger charge is -2.34. The molecule has 0 unspecified atom stereocenters. The minimum absolute atomic E-state index is 0.0703. The van der Waals surface area contributed by atoms with Gasteiger partial charge in [0.1, 0.15) is 0 Å². The Balaban J connectivity index is 1.37. The average Bonchev–Trinajstić information content (AvgIpc) is 3.16. The van der Waals surface area contributed by atoms with Crippen LogP contribution in [-0.4, -0.2) is 54.3 Å². The van der Waals surface area contributed by atoms with Crippen molar-refractivity contribution in [3.63, 3.8) is 0 Å². The lowest BCUT2D eigenvalue weighted by molar-refractivity contribution is -0.133. The number of carbonyl (C=O) groups excluding carboxylic acids is 2. The van der Waals surface area contributed by atoms with Crippen molar-refractivity contribution in [3.8, 4) is 0 Å². The third-order valence-electron chi connectivity index (χ3n) is 5.48. The Kier molecular flexibility index (Phi) is 6.92. The number of piperazine rings is 1. The first-order valence-electron chi connectivity index (χ1n) is 9.66. The minimum atomic E-state index is -0.0703. The number of para-hydroxylation sites is 1. The molecule has 1 heterocycles. The van der Waals surface area contributed by atoms with E-state index in [9.17, 15) is 9.59 Å². The highest BCUT2D eigenvalue weighted by molar-refractivity contribution is 6.33. The Hall–Kier alpha value is -1.59. The second-order valence-electron chi connectivity index (χ2n) is 7.37. The predicted molar refractivity (Wildman–Crippen MR) is 104 cm³/mol. The molecule has 1 aromatic carbocycles. The fraction of sp³-hybridized carbons (Fsp3) is 0.600. The van der Waals surface area contributed by atoms with Gasteiger partial charge in [0.25, 0.3) is 0 Å². The maximum absolute atomic E-state index is 12.4. The van der Waals surface area contributed by atoms with Crippen LogP contribution in [0.4, 0.5) is 5.69 Å². The predicted octanol–water partition coefficient (Wildman–Crippen LogP) is 3.39. The molecular formula is C20H28ClN3O2. The van der Waals surface area contributed by atoms with Crippen LogP contribution in [0.15, 0.2) is 24.3 Å². The summed E-state index contributed by atoms with van der Waals surface area (Å²) in [5.41, 5.74) is 0.639. The Morgan fingerprint density at radius 3 is 2.46 bits per heavy atom. The molecule has 0 aromatic heterocycles. The highest BCUT2D eigenvalue weighted by Gasteiger charge is 2.24. The first kappa shape index (κ1) is 19.2. The Morgan fingerprint density at radius 2 is 1.77 bits per heavy atom. The summed E-state index contributed by atoms with van der Waals surface area (Å²) >= 11 is 6.07. The van der Waals surface area contributed by atoms with Crippen molar-refractivity contribution >= 4 is 29.1 Å². The van der Waals surface area contributed by atoms with Crippen LogP contribution in [0.25, 0.3) is 0 Å². The lowest BCUT2D eigenvalue weighted by Crippen LogP contribution is -2.50. The Morgan fingerprint density at radius 1 is 1.08 bits per heavy atom. The summed E-state index contributed by atoms with van der Waals surface area (Å²) in [6.45, 7) is 3.23. The van der Waals surface area contributed by atoms with Crippen molar-refractivity contribution in [2.75, 3.05) is 38.0 Å². The fourth-order valence-electron chi connectivity index (χ4n) is 3.90. The molecule has 0 atom stereocenters. The summed E-state index contributed by atoms with van der Waals surface area (Å²) in [7, 11) is 0. The van der Waals surface area contributed by atoms with Gasteiger partial charge >= 0.3 is 0 Å². The topological polar surface area (TPSA) is 52.7 Å². The molecule has 1 aliphatic heterocycles. The van der Waals surface area contributed by atoms with Gasteiger partial charge in [-0.3, -0.25) is 14.5 Å². The van der Waals surface area contributed by atoms with Crippen LogP contribution in [0, 0.1) is 5.92 Å². The highest BCUT2D eigenvalue weighted by atomic mass is 35.5. The summed E-state index contributed by atoms with van der Waals surface area (Å²) in [5, 5.41) is 3.39. The molecule has 1 saturated carbocycles. The largest absolute Gasteiger partial charge is 0.340 e. The summed E-state index contributed by atoms with van der Waals surface area (Å²) in [4.78, 5) is 28.6. The molecule has 0 radical (unpaired) electrons. The van der Waals surface area contributed by atoms with Gasteiger partial charge in [0.2, 0.25) is 11.8 Å². The number of carbonyl (C=O) groups is 2. The van der Waals surface area contributed by atoms with Crippen LogP contribution in [0.5, 0.6) is 0 Å². The Labute approximate surface area is 160 Å². The van der Waals surface area contributed by atoms with Crippen molar-refractivity contribution in [1.82, 2.24) is 9.80 Å². The maximum Gasteiger partial charge on any atom is 0.238 e. The van der Waals surface area contributed by atoms with Gasteiger partial charge < -0.3 is 10.2 Å². The third-order valence-corrected chi connectivity index (χ3v) is 5.81. The highest BCUT2D eigenvalue weighted by Crippen LogP contribution is 2.28. The number of amides is 2. The van der Waals surface area contributed by atoms with Crippen LogP contribution < -0.4 is 5.32 Å². The van der Waals surface area contributed by atoms with Crippen LogP contribution in [-0.2, 0) is 9.59 Å². The van der Waals surface area contributed by atoms with E-state index in [4.69, 9.17) is 11.6 Å². The fourth-order valence-corrected chi connectivity index (χ4v) is 4.08. The van der Waals surface area contributed by atoms with E-state index in [0.717, 1.165) is 25.4 Å². The molecule has 1 N–H and O–H groups in total. The minimum Gasteiger partial charge on any atom is -0.340 e. The lowest BCUT2D eigenvalue weighted by atomic mass is 10.0. The van der Waals surface area contributed by atoms with Gasteiger partial charge in [0, 0.05) is 32.6 Å². The molecule has 142 valence electrons. The number of benzene rings is 1. The zero-order valence-electron chi connectivity index (χ0n) is 15.3. The maximum atomic E-state index is 12.4. The first-order chi connectivity index (χ1) is 12.6.